The maximum absolute atomic E-state index is 11.3. The molecule has 1 heterocycles. The first-order valence-electron chi connectivity index (χ1n) is 5.30. The molecule has 1 aromatic rings. The van der Waals surface area contributed by atoms with Crippen molar-refractivity contribution < 1.29 is 9.90 Å². The molecule has 2 aliphatic rings. The number of aliphatic carboxylic acids is 1. The second-order valence-corrected chi connectivity index (χ2v) is 4.38. The van der Waals surface area contributed by atoms with Gasteiger partial charge in [-0.2, -0.15) is 0 Å². The Balaban J connectivity index is 1.96. The Labute approximate surface area is 88.1 Å². The molecule has 1 aliphatic heterocycles. The fraction of sp³-hybridized carbons (Fsp3) is 0.417. The summed E-state index contributed by atoms with van der Waals surface area (Å²) in [5, 5.41) is 12.4. The van der Waals surface area contributed by atoms with Gasteiger partial charge in [0.05, 0.1) is 0 Å². The summed E-state index contributed by atoms with van der Waals surface area (Å²) in [6, 6.07) is 9.95. The SMILES string of the molecule is O=C(O)C12NCCC1C2c1ccccc1. The first-order chi connectivity index (χ1) is 7.27. The van der Waals surface area contributed by atoms with Crippen LogP contribution >= 0.6 is 0 Å². The number of carbonyl (C=O) groups is 1. The van der Waals surface area contributed by atoms with Gasteiger partial charge < -0.3 is 10.4 Å². The molecule has 1 aliphatic carbocycles. The zero-order valence-corrected chi connectivity index (χ0v) is 8.31. The van der Waals surface area contributed by atoms with E-state index in [9.17, 15) is 9.90 Å². The molecule has 0 spiro atoms. The lowest BCUT2D eigenvalue weighted by atomic mass is 10.1. The van der Waals surface area contributed by atoms with E-state index in [0.717, 1.165) is 18.5 Å². The van der Waals surface area contributed by atoms with Gasteiger partial charge in [0.1, 0.15) is 5.54 Å². The first-order valence-corrected chi connectivity index (χ1v) is 5.30. The Morgan fingerprint density at radius 2 is 2.13 bits per heavy atom. The third-order valence-corrected chi connectivity index (χ3v) is 3.75. The van der Waals surface area contributed by atoms with Gasteiger partial charge in [-0.15, -0.1) is 0 Å². The van der Waals surface area contributed by atoms with E-state index in [1.807, 2.05) is 30.3 Å². The molecule has 2 N–H and O–H groups in total. The van der Waals surface area contributed by atoms with Crippen molar-refractivity contribution >= 4 is 5.97 Å². The van der Waals surface area contributed by atoms with Crippen molar-refractivity contribution in [3.05, 3.63) is 35.9 Å². The van der Waals surface area contributed by atoms with Crippen LogP contribution in [0.5, 0.6) is 0 Å². The molecule has 78 valence electrons. The van der Waals surface area contributed by atoms with Gasteiger partial charge in [0, 0.05) is 5.92 Å². The van der Waals surface area contributed by atoms with Gasteiger partial charge in [0.15, 0.2) is 0 Å². The van der Waals surface area contributed by atoms with E-state index in [1.54, 1.807) is 0 Å². The van der Waals surface area contributed by atoms with Gasteiger partial charge in [0.25, 0.3) is 0 Å². The van der Waals surface area contributed by atoms with Crippen LogP contribution in [0, 0.1) is 5.92 Å². The summed E-state index contributed by atoms with van der Waals surface area (Å²) in [5.74, 6) is -0.235. The van der Waals surface area contributed by atoms with Crippen LogP contribution in [0.15, 0.2) is 30.3 Å². The third-order valence-electron chi connectivity index (χ3n) is 3.75. The summed E-state index contributed by atoms with van der Waals surface area (Å²) in [4.78, 5) is 11.3. The van der Waals surface area contributed by atoms with Gasteiger partial charge in [0.2, 0.25) is 0 Å². The molecule has 1 saturated carbocycles. The van der Waals surface area contributed by atoms with Gasteiger partial charge in [-0.25, -0.2) is 0 Å². The van der Waals surface area contributed by atoms with Gasteiger partial charge in [-0.05, 0) is 24.4 Å². The van der Waals surface area contributed by atoms with Crippen molar-refractivity contribution in [3.8, 4) is 0 Å². The normalized spacial score (nSPS) is 37.3. The minimum Gasteiger partial charge on any atom is -0.480 e. The Kier molecular flexibility index (Phi) is 1.68. The average Bonchev–Trinajstić information content (AvgIpc) is 2.70. The summed E-state index contributed by atoms with van der Waals surface area (Å²) in [6.45, 7) is 0.834. The molecule has 0 bridgehead atoms. The van der Waals surface area contributed by atoms with Crippen molar-refractivity contribution in [2.75, 3.05) is 6.54 Å². The van der Waals surface area contributed by atoms with E-state index in [2.05, 4.69) is 5.32 Å². The molecule has 1 saturated heterocycles. The van der Waals surface area contributed by atoms with Gasteiger partial charge in [-0.1, -0.05) is 30.3 Å². The second-order valence-electron chi connectivity index (χ2n) is 4.38. The fourth-order valence-electron chi connectivity index (χ4n) is 3.05. The van der Waals surface area contributed by atoms with Crippen molar-refractivity contribution in [3.63, 3.8) is 0 Å². The smallest absolute Gasteiger partial charge is 0.324 e. The maximum Gasteiger partial charge on any atom is 0.324 e. The van der Waals surface area contributed by atoms with Crippen molar-refractivity contribution in [2.45, 2.75) is 17.9 Å². The average molecular weight is 203 g/mol. The second kappa shape index (κ2) is 2.83. The molecular formula is C12H13NO2. The predicted octanol–water partition coefficient (Wildman–Crippen LogP) is 1.22. The Bertz CT molecular complexity index is 403. The van der Waals surface area contributed by atoms with Crippen LogP contribution in [0.25, 0.3) is 0 Å². The fourth-order valence-corrected chi connectivity index (χ4v) is 3.05. The highest BCUT2D eigenvalue weighted by atomic mass is 16.4. The van der Waals surface area contributed by atoms with Crippen LogP contribution in [0.4, 0.5) is 0 Å². The van der Waals surface area contributed by atoms with E-state index in [0.29, 0.717) is 0 Å². The molecule has 15 heavy (non-hydrogen) atoms. The lowest BCUT2D eigenvalue weighted by Gasteiger charge is -2.11. The van der Waals surface area contributed by atoms with E-state index in [4.69, 9.17) is 0 Å². The summed E-state index contributed by atoms with van der Waals surface area (Å²) < 4.78 is 0. The molecule has 0 amide bonds. The molecular weight excluding hydrogens is 190 g/mol. The maximum atomic E-state index is 11.3. The zero-order valence-electron chi connectivity index (χ0n) is 8.31. The number of carboxylic acid groups (broad SMARTS) is 1. The van der Waals surface area contributed by atoms with Crippen LogP contribution in [0.1, 0.15) is 17.9 Å². The van der Waals surface area contributed by atoms with Crippen LogP contribution in [0.2, 0.25) is 0 Å². The number of benzene rings is 1. The predicted molar refractivity (Wildman–Crippen MR) is 55.7 cm³/mol. The van der Waals surface area contributed by atoms with Gasteiger partial charge >= 0.3 is 5.97 Å². The molecule has 3 unspecified atom stereocenters. The molecule has 1 aromatic carbocycles. The molecule has 3 rings (SSSR count). The number of rotatable bonds is 2. The summed E-state index contributed by atoms with van der Waals surface area (Å²) in [7, 11) is 0. The molecule has 2 fully saturated rings. The Morgan fingerprint density at radius 3 is 2.73 bits per heavy atom. The van der Waals surface area contributed by atoms with E-state index in [1.165, 1.54) is 0 Å². The quantitative estimate of drug-likeness (QED) is 0.759. The zero-order chi connectivity index (χ0) is 10.5. The van der Waals surface area contributed by atoms with Crippen LogP contribution in [-0.2, 0) is 4.79 Å². The van der Waals surface area contributed by atoms with Crippen LogP contribution in [0.3, 0.4) is 0 Å². The van der Waals surface area contributed by atoms with Crippen LogP contribution in [-0.4, -0.2) is 23.2 Å². The summed E-state index contributed by atoms with van der Waals surface area (Å²) in [5.41, 5.74) is 0.499. The van der Waals surface area contributed by atoms with Gasteiger partial charge in [-0.3, -0.25) is 4.79 Å². The summed E-state index contributed by atoms with van der Waals surface area (Å²) in [6.07, 6.45) is 0.978. The lowest BCUT2D eigenvalue weighted by Crippen LogP contribution is -2.38. The molecule has 0 radical (unpaired) electrons. The third kappa shape index (κ3) is 1.01. The van der Waals surface area contributed by atoms with Crippen LogP contribution < -0.4 is 5.32 Å². The highest BCUT2D eigenvalue weighted by Gasteiger charge is 2.72. The molecule has 3 nitrogen and oxygen atoms in total. The Hall–Kier alpha value is -1.35. The number of carboxylic acids is 1. The first kappa shape index (κ1) is 8.92. The van der Waals surface area contributed by atoms with E-state index in [-0.39, 0.29) is 11.8 Å². The topological polar surface area (TPSA) is 49.3 Å². The lowest BCUT2D eigenvalue weighted by molar-refractivity contribution is -0.140. The van der Waals surface area contributed by atoms with Crippen molar-refractivity contribution in [1.82, 2.24) is 5.32 Å². The van der Waals surface area contributed by atoms with E-state index < -0.39 is 11.5 Å². The number of nitrogens with one attached hydrogen (secondary N) is 1. The van der Waals surface area contributed by atoms with E-state index >= 15 is 0 Å². The highest BCUT2D eigenvalue weighted by molar-refractivity contribution is 5.87. The standard InChI is InChI=1S/C12H13NO2/c14-11(15)12-9(6-7-13-12)10(12)8-4-2-1-3-5-8/h1-5,9-10,13H,6-7H2,(H,14,15). The van der Waals surface area contributed by atoms with Crippen molar-refractivity contribution in [1.29, 1.82) is 0 Å². The Morgan fingerprint density at radius 1 is 1.40 bits per heavy atom. The summed E-state index contributed by atoms with van der Waals surface area (Å²) >= 11 is 0. The monoisotopic (exact) mass is 203 g/mol. The minimum atomic E-state index is -0.696. The number of hydrogen-bond acceptors (Lipinski definition) is 2. The largest absolute Gasteiger partial charge is 0.480 e. The molecule has 3 atom stereocenters. The molecule has 3 heteroatoms. The number of piperidine rings is 1. The van der Waals surface area contributed by atoms with Crippen molar-refractivity contribution in [2.24, 2.45) is 5.92 Å². The number of hydrogen-bond donors (Lipinski definition) is 2. The number of fused-ring (bicyclic) bond motifs is 1. The molecule has 0 aromatic heterocycles. The highest BCUT2D eigenvalue weighted by Crippen LogP contribution is 2.61. The minimum absolute atomic E-state index is 0.171.